The smallest absolute Gasteiger partial charge is 0.268 e. The van der Waals surface area contributed by atoms with Gasteiger partial charge in [-0.3, -0.25) is 14.8 Å². The Hall–Kier alpha value is -1.04. The van der Waals surface area contributed by atoms with Crippen LogP contribution in [0, 0.1) is 10.1 Å². The second kappa shape index (κ2) is 2.30. The topological polar surface area (TPSA) is 61.0 Å². The van der Waals surface area contributed by atoms with Gasteiger partial charge in [-0.15, -0.1) is 12.6 Å². The van der Waals surface area contributed by atoms with Gasteiger partial charge in [0.25, 0.3) is 0 Å². The van der Waals surface area contributed by atoms with Crippen LogP contribution < -0.4 is 0 Å². The van der Waals surface area contributed by atoms with Gasteiger partial charge in [-0.05, 0) is 0 Å². The van der Waals surface area contributed by atoms with E-state index in [-0.39, 0.29) is 10.7 Å². The lowest BCUT2D eigenvalue weighted by molar-refractivity contribution is -0.387. The lowest BCUT2D eigenvalue weighted by Gasteiger charge is -1.80. The van der Waals surface area contributed by atoms with Crippen molar-refractivity contribution < 1.29 is 4.92 Å². The Kier molecular flexibility index (Phi) is 1.62. The van der Waals surface area contributed by atoms with E-state index in [0.717, 1.165) is 0 Å². The van der Waals surface area contributed by atoms with E-state index < -0.39 is 4.92 Å². The standard InChI is InChI=1S/C4H5N3O2S/c1-6-2-3(7(8)9)4(10)5-6/h2H,1H3,(H,5,10). The van der Waals surface area contributed by atoms with Gasteiger partial charge in [0, 0.05) is 7.05 Å². The van der Waals surface area contributed by atoms with Crippen LogP contribution in [0.2, 0.25) is 0 Å². The molecule has 0 saturated heterocycles. The summed E-state index contributed by atoms with van der Waals surface area (Å²) < 4.78 is 1.35. The van der Waals surface area contributed by atoms with Crippen LogP contribution in [-0.2, 0) is 7.05 Å². The molecule has 5 nitrogen and oxygen atoms in total. The van der Waals surface area contributed by atoms with Crippen LogP contribution in [0.5, 0.6) is 0 Å². The Morgan fingerprint density at radius 3 is 2.70 bits per heavy atom. The molecule has 0 saturated carbocycles. The fourth-order valence-electron chi connectivity index (χ4n) is 0.593. The number of nitrogens with zero attached hydrogens (tertiary/aromatic N) is 3. The summed E-state index contributed by atoms with van der Waals surface area (Å²) in [4.78, 5) is 9.62. The first-order valence-corrected chi connectivity index (χ1v) is 2.93. The minimum atomic E-state index is -0.519. The zero-order valence-electron chi connectivity index (χ0n) is 5.18. The van der Waals surface area contributed by atoms with E-state index >= 15 is 0 Å². The third kappa shape index (κ3) is 1.10. The quantitative estimate of drug-likeness (QED) is 0.371. The summed E-state index contributed by atoms with van der Waals surface area (Å²) in [6.45, 7) is 0. The van der Waals surface area contributed by atoms with Gasteiger partial charge in [-0.1, -0.05) is 0 Å². The summed E-state index contributed by atoms with van der Waals surface area (Å²) in [5.41, 5.74) is -0.0640. The molecule has 0 radical (unpaired) electrons. The van der Waals surface area contributed by atoms with Crippen LogP contribution >= 0.6 is 12.6 Å². The highest BCUT2D eigenvalue weighted by molar-refractivity contribution is 7.80. The predicted molar refractivity (Wildman–Crippen MR) is 37.1 cm³/mol. The molecule has 6 heteroatoms. The lowest BCUT2D eigenvalue weighted by atomic mass is 10.6. The summed E-state index contributed by atoms with van der Waals surface area (Å²) >= 11 is 3.78. The molecule has 0 bridgehead atoms. The molecule has 1 rings (SSSR count). The van der Waals surface area contributed by atoms with E-state index in [1.807, 2.05) is 0 Å². The number of hydrogen-bond donors (Lipinski definition) is 1. The summed E-state index contributed by atoms with van der Waals surface area (Å²) in [7, 11) is 1.60. The van der Waals surface area contributed by atoms with Crippen molar-refractivity contribution in [2.75, 3.05) is 0 Å². The molecule has 54 valence electrons. The third-order valence-corrected chi connectivity index (χ3v) is 1.31. The number of thiol groups is 1. The first kappa shape index (κ1) is 7.07. The van der Waals surface area contributed by atoms with Crippen molar-refractivity contribution in [2.24, 2.45) is 7.05 Å². The monoisotopic (exact) mass is 159 g/mol. The van der Waals surface area contributed by atoms with Crippen molar-refractivity contribution in [2.45, 2.75) is 5.03 Å². The maximum absolute atomic E-state index is 10.1. The molecule has 0 unspecified atom stereocenters. The Bertz CT molecular complexity index is 269. The second-order valence-electron chi connectivity index (χ2n) is 1.77. The molecule has 0 aliphatic rings. The van der Waals surface area contributed by atoms with Gasteiger partial charge in [0.1, 0.15) is 6.20 Å². The summed E-state index contributed by atoms with van der Waals surface area (Å²) in [5, 5.41) is 14.0. The van der Waals surface area contributed by atoms with Crippen molar-refractivity contribution in [3.8, 4) is 0 Å². The molecule has 0 aromatic carbocycles. The zero-order chi connectivity index (χ0) is 7.72. The fraction of sp³-hybridized carbons (Fsp3) is 0.250. The molecule has 0 aliphatic carbocycles. The minimum absolute atomic E-state index is 0.0640. The summed E-state index contributed by atoms with van der Waals surface area (Å²) in [5.74, 6) is 0. The molecule has 0 aliphatic heterocycles. The fourth-order valence-corrected chi connectivity index (χ4v) is 0.873. The van der Waals surface area contributed by atoms with Crippen LogP contribution in [0.1, 0.15) is 0 Å². The number of aryl methyl sites for hydroxylation is 1. The average Bonchev–Trinajstić information content (AvgIpc) is 2.10. The van der Waals surface area contributed by atoms with Crippen LogP contribution in [0.4, 0.5) is 5.69 Å². The molecule has 0 fully saturated rings. The van der Waals surface area contributed by atoms with Crippen LogP contribution in [0.3, 0.4) is 0 Å². The highest BCUT2D eigenvalue weighted by atomic mass is 32.1. The number of hydrogen-bond acceptors (Lipinski definition) is 4. The van der Waals surface area contributed by atoms with Crippen molar-refractivity contribution in [1.29, 1.82) is 0 Å². The van der Waals surface area contributed by atoms with E-state index in [1.54, 1.807) is 7.05 Å². The molecule has 1 aromatic heterocycles. The second-order valence-corrected chi connectivity index (χ2v) is 2.19. The SMILES string of the molecule is Cn1cc([N+](=O)[O-])c(S)n1. The number of aromatic nitrogens is 2. The van der Waals surface area contributed by atoms with E-state index in [4.69, 9.17) is 0 Å². The summed E-state index contributed by atoms with van der Waals surface area (Å²) in [6, 6.07) is 0. The van der Waals surface area contributed by atoms with E-state index in [2.05, 4.69) is 17.7 Å². The van der Waals surface area contributed by atoms with Crippen molar-refractivity contribution in [3.05, 3.63) is 16.3 Å². The lowest BCUT2D eigenvalue weighted by Crippen LogP contribution is -1.86. The average molecular weight is 159 g/mol. The van der Waals surface area contributed by atoms with Crippen molar-refractivity contribution in [3.63, 3.8) is 0 Å². The van der Waals surface area contributed by atoms with Crippen LogP contribution in [0.15, 0.2) is 11.2 Å². The Balaban J connectivity index is 3.15. The molecule has 1 aromatic rings. The molecule has 10 heavy (non-hydrogen) atoms. The highest BCUT2D eigenvalue weighted by Crippen LogP contribution is 2.18. The van der Waals surface area contributed by atoms with Gasteiger partial charge in [0.2, 0.25) is 0 Å². The maximum Gasteiger partial charge on any atom is 0.320 e. The minimum Gasteiger partial charge on any atom is -0.268 e. The third-order valence-electron chi connectivity index (χ3n) is 0.987. The van der Waals surface area contributed by atoms with Crippen LogP contribution in [-0.4, -0.2) is 14.7 Å². The largest absolute Gasteiger partial charge is 0.320 e. The Morgan fingerprint density at radius 1 is 1.90 bits per heavy atom. The van der Waals surface area contributed by atoms with Gasteiger partial charge in [0.05, 0.1) is 4.92 Å². The highest BCUT2D eigenvalue weighted by Gasteiger charge is 2.13. The van der Waals surface area contributed by atoms with Crippen molar-refractivity contribution in [1.82, 2.24) is 9.78 Å². The molecule has 1 heterocycles. The maximum atomic E-state index is 10.1. The molecule has 0 N–H and O–H groups in total. The first-order chi connectivity index (χ1) is 4.61. The van der Waals surface area contributed by atoms with Gasteiger partial charge in [-0.2, -0.15) is 5.10 Å². The molecular weight excluding hydrogens is 154 g/mol. The molecule has 0 spiro atoms. The number of rotatable bonds is 1. The molecule has 0 atom stereocenters. The van der Waals surface area contributed by atoms with E-state index in [9.17, 15) is 10.1 Å². The van der Waals surface area contributed by atoms with E-state index in [0.29, 0.717) is 0 Å². The number of nitro groups is 1. The normalized spacial score (nSPS) is 9.80. The van der Waals surface area contributed by atoms with Gasteiger partial charge < -0.3 is 0 Å². The molecular formula is C4H5N3O2S. The summed E-state index contributed by atoms with van der Waals surface area (Å²) in [6.07, 6.45) is 1.31. The van der Waals surface area contributed by atoms with Crippen molar-refractivity contribution >= 4 is 18.3 Å². The van der Waals surface area contributed by atoms with Gasteiger partial charge in [-0.25, -0.2) is 0 Å². The Labute approximate surface area is 62.2 Å². The predicted octanol–water partition coefficient (Wildman–Crippen LogP) is 0.617. The first-order valence-electron chi connectivity index (χ1n) is 2.48. The van der Waals surface area contributed by atoms with E-state index in [1.165, 1.54) is 10.9 Å². The van der Waals surface area contributed by atoms with Crippen LogP contribution in [0.25, 0.3) is 0 Å². The van der Waals surface area contributed by atoms with Gasteiger partial charge in [0.15, 0.2) is 5.03 Å². The van der Waals surface area contributed by atoms with Gasteiger partial charge >= 0.3 is 5.69 Å². The Morgan fingerprint density at radius 2 is 2.50 bits per heavy atom. The molecule has 0 amide bonds. The zero-order valence-corrected chi connectivity index (χ0v) is 6.08.